The fraction of sp³-hybridized carbons (Fsp3) is 0.500. The highest BCUT2D eigenvalue weighted by Gasteiger charge is 2.41. The lowest BCUT2D eigenvalue weighted by Crippen LogP contribution is -2.58. The summed E-state index contributed by atoms with van der Waals surface area (Å²) >= 11 is 0. The third-order valence-corrected chi connectivity index (χ3v) is 3.22. The van der Waals surface area contributed by atoms with Gasteiger partial charge in [-0.25, -0.2) is 0 Å². The Kier molecular flexibility index (Phi) is 4.19. The fourth-order valence-electron chi connectivity index (χ4n) is 2.04. The van der Waals surface area contributed by atoms with Gasteiger partial charge >= 0.3 is 0 Å². The molecule has 0 aromatic heterocycles. The first kappa shape index (κ1) is 14.7. The second-order valence-electron chi connectivity index (χ2n) is 4.69. The SMILES string of the molecule is C[C@@H]1O[C@H](Nc2cccc([N+](=O)[O-])c2)[C@H](O)[C@H](O)[C@@H]1O. The molecule has 0 saturated carbocycles. The number of rotatable bonds is 3. The molecular formula is C12H16N2O6. The minimum absolute atomic E-state index is 0.103. The number of ether oxygens (including phenoxy) is 1. The molecule has 0 unspecified atom stereocenters. The number of nitrogens with zero attached hydrogens (tertiary/aromatic N) is 1. The summed E-state index contributed by atoms with van der Waals surface area (Å²) in [5.41, 5.74) is 0.271. The molecule has 8 nitrogen and oxygen atoms in total. The van der Waals surface area contributed by atoms with E-state index in [0.717, 1.165) is 0 Å². The Morgan fingerprint density at radius 2 is 1.95 bits per heavy atom. The molecule has 0 spiro atoms. The Balaban J connectivity index is 2.13. The smallest absolute Gasteiger partial charge is 0.271 e. The minimum Gasteiger partial charge on any atom is -0.388 e. The molecule has 1 heterocycles. The van der Waals surface area contributed by atoms with Crippen LogP contribution in [0.25, 0.3) is 0 Å². The number of nitro groups is 1. The Labute approximate surface area is 114 Å². The van der Waals surface area contributed by atoms with Crippen LogP contribution in [0.2, 0.25) is 0 Å². The Morgan fingerprint density at radius 3 is 2.60 bits per heavy atom. The normalized spacial score (nSPS) is 33.7. The van der Waals surface area contributed by atoms with Gasteiger partial charge in [0.25, 0.3) is 5.69 Å². The topological polar surface area (TPSA) is 125 Å². The van der Waals surface area contributed by atoms with Crippen LogP contribution >= 0.6 is 0 Å². The van der Waals surface area contributed by atoms with E-state index < -0.39 is 35.6 Å². The van der Waals surface area contributed by atoms with Gasteiger partial charge in [0.2, 0.25) is 0 Å². The quantitative estimate of drug-likeness (QED) is 0.448. The summed E-state index contributed by atoms with van der Waals surface area (Å²) in [6.07, 6.45) is -5.53. The molecule has 5 atom stereocenters. The first-order valence-electron chi connectivity index (χ1n) is 6.11. The van der Waals surface area contributed by atoms with Gasteiger partial charge in [-0.05, 0) is 13.0 Å². The van der Waals surface area contributed by atoms with Crippen LogP contribution in [0.1, 0.15) is 6.92 Å². The van der Waals surface area contributed by atoms with Crippen LogP contribution < -0.4 is 5.32 Å². The van der Waals surface area contributed by atoms with Crippen molar-refractivity contribution in [2.75, 3.05) is 5.32 Å². The maximum Gasteiger partial charge on any atom is 0.271 e. The largest absolute Gasteiger partial charge is 0.388 e. The summed E-state index contributed by atoms with van der Waals surface area (Å²) in [6.45, 7) is 1.56. The fourth-order valence-corrected chi connectivity index (χ4v) is 2.04. The number of anilines is 1. The van der Waals surface area contributed by atoms with E-state index >= 15 is 0 Å². The van der Waals surface area contributed by atoms with Crippen LogP contribution in [0, 0.1) is 10.1 Å². The number of aliphatic hydroxyl groups is 3. The maximum atomic E-state index is 10.7. The molecule has 0 bridgehead atoms. The van der Waals surface area contributed by atoms with Crippen LogP contribution in [0.5, 0.6) is 0 Å². The molecule has 1 aliphatic heterocycles. The molecule has 1 aromatic carbocycles. The number of aliphatic hydroxyl groups excluding tert-OH is 3. The molecule has 0 aliphatic carbocycles. The molecular weight excluding hydrogens is 268 g/mol. The van der Waals surface area contributed by atoms with Crippen molar-refractivity contribution >= 4 is 11.4 Å². The van der Waals surface area contributed by atoms with Crippen molar-refractivity contribution in [1.29, 1.82) is 0 Å². The van der Waals surface area contributed by atoms with Gasteiger partial charge in [0, 0.05) is 17.8 Å². The lowest BCUT2D eigenvalue weighted by atomic mass is 9.99. The van der Waals surface area contributed by atoms with E-state index in [1.807, 2.05) is 0 Å². The Bertz CT molecular complexity index is 497. The second kappa shape index (κ2) is 5.71. The zero-order chi connectivity index (χ0) is 14.9. The summed E-state index contributed by atoms with van der Waals surface area (Å²) in [4.78, 5) is 10.1. The summed E-state index contributed by atoms with van der Waals surface area (Å²) in [7, 11) is 0. The van der Waals surface area contributed by atoms with Gasteiger partial charge in [0.1, 0.15) is 18.3 Å². The molecule has 8 heteroatoms. The van der Waals surface area contributed by atoms with Crippen LogP contribution in [-0.2, 0) is 4.74 Å². The van der Waals surface area contributed by atoms with Crippen LogP contribution in [0.15, 0.2) is 24.3 Å². The van der Waals surface area contributed by atoms with Gasteiger partial charge in [-0.2, -0.15) is 0 Å². The van der Waals surface area contributed by atoms with Crippen molar-refractivity contribution in [3.8, 4) is 0 Å². The average Bonchev–Trinajstić information content (AvgIpc) is 2.42. The number of non-ortho nitro benzene ring substituents is 1. The third-order valence-electron chi connectivity index (χ3n) is 3.22. The van der Waals surface area contributed by atoms with E-state index in [1.165, 1.54) is 18.2 Å². The zero-order valence-corrected chi connectivity index (χ0v) is 10.7. The summed E-state index contributed by atoms with van der Waals surface area (Å²) < 4.78 is 5.34. The molecule has 2 rings (SSSR count). The van der Waals surface area contributed by atoms with Gasteiger partial charge in [-0.15, -0.1) is 0 Å². The zero-order valence-electron chi connectivity index (χ0n) is 10.7. The highest BCUT2D eigenvalue weighted by Crippen LogP contribution is 2.24. The predicted molar refractivity (Wildman–Crippen MR) is 69.1 cm³/mol. The van der Waals surface area contributed by atoms with E-state index in [0.29, 0.717) is 5.69 Å². The Morgan fingerprint density at radius 1 is 1.25 bits per heavy atom. The first-order valence-corrected chi connectivity index (χ1v) is 6.11. The van der Waals surface area contributed by atoms with Crippen LogP contribution in [0.4, 0.5) is 11.4 Å². The van der Waals surface area contributed by atoms with Gasteiger partial charge < -0.3 is 25.4 Å². The van der Waals surface area contributed by atoms with Crippen molar-refractivity contribution in [2.24, 2.45) is 0 Å². The molecule has 1 aromatic rings. The lowest BCUT2D eigenvalue weighted by Gasteiger charge is -2.39. The molecule has 1 saturated heterocycles. The standard InChI is InChI=1S/C12H16N2O6/c1-6-9(15)10(16)11(17)12(20-6)13-7-3-2-4-8(5-7)14(18)19/h2-6,9-13,15-17H,1H3/t6-,9+,10+,11+,12-/m0/s1. The molecule has 1 aliphatic rings. The minimum atomic E-state index is -1.35. The molecule has 0 amide bonds. The number of hydrogen-bond acceptors (Lipinski definition) is 7. The summed E-state index contributed by atoms with van der Waals surface area (Å²) in [6, 6.07) is 5.69. The lowest BCUT2D eigenvalue weighted by molar-refractivity contribution is -0.384. The van der Waals surface area contributed by atoms with Crippen molar-refractivity contribution in [3.63, 3.8) is 0 Å². The number of nitro benzene ring substituents is 1. The highest BCUT2D eigenvalue weighted by atomic mass is 16.6. The van der Waals surface area contributed by atoms with Crippen molar-refractivity contribution in [3.05, 3.63) is 34.4 Å². The first-order chi connectivity index (χ1) is 9.40. The maximum absolute atomic E-state index is 10.7. The molecule has 110 valence electrons. The molecule has 4 N–H and O–H groups in total. The molecule has 20 heavy (non-hydrogen) atoms. The number of nitrogens with one attached hydrogen (secondary N) is 1. The number of benzene rings is 1. The summed E-state index contributed by atoms with van der Waals surface area (Å²) in [5, 5.41) is 42.5. The van der Waals surface area contributed by atoms with Gasteiger partial charge in [0.05, 0.1) is 11.0 Å². The monoisotopic (exact) mass is 284 g/mol. The van der Waals surface area contributed by atoms with Crippen molar-refractivity contribution < 1.29 is 25.0 Å². The number of hydrogen-bond donors (Lipinski definition) is 4. The van der Waals surface area contributed by atoms with E-state index in [4.69, 9.17) is 4.74 Å². The van der Waals surface area contributed by atoms with Gasteiger partial charge in [0.15, 0.2) is 6.23 Å². The Hall–Kier alpha value is -1.74. The third kappa shape index (κ3) is 2.88. The van der Waals surface area contributed by atoms with E-state index in [1.54, 1.807) is 13.0 Å². The predicted octanol–water partition coefficient (Wildman–Crippen LogP) is -0.166. The van der Waals surface area contributed by atoms with E-state index in [-0.39, 0.29) is 5.69 Å². The van der Waals surface area contributed by atoms with Gasteiger partial charge in [-0.1, -0.05) is 6.07 Å². The highest BCUT2D eigenvalue weighted by molar-refractivity contribution is 5.51. The van der Waals surface area contributed by atoms with Gasteiger partial charge in [-0.3, -0.25) is 10.1 Å². The second-order valence-corrected chi connectivity index (χ2v) is 4.69. The van der Waals surface area contributed by atoms with E-state index in [9.17, 15) is 25.4 Å². The van der Waals surface area contributed by atoms with Crippen molar-refractivity contribution in [2.45, 2.75) is 37.6 Å². The molecule has 0 radical (unpaired) electrons. The van der Waals surface area contributed by atoms with Crippen LogP contribution in [0.3, 0.4) is 0 Å². The van der Waals surface area contributed by atoms with Crippen molar-refractivity contribution in [1.82, 2.24) is 0 Å². The van der Waals surface area contributed by atoms with Crippen LogP contribution in [-0.4, -0.2) is 50.9 Å². The van der Waals surface area contributed by atoms with E-state index in [2.05, 4.69) is 5.32 Å². The average molecular weight is 284 g/mol. The summed E-state index contributed by atoms with van der Waals surface area (Å²) in [5.74, 6) is 0. The molecule has 1 fully saturated rings.